The summed E-state index contributed by atoms with van der Waals surface area (Å²) in [6, 6.07) is 15.1. The topological polar surface area (TPSA) is 88.7 Å². The third-order valence-corrected chi connectivity index (χ3v) is 4.47. The number of carbonyl (C=O) groups excluding carboxylic acids is 2. The molecule has 4 amide bonds. The summed E-state index contributed by atoms with van der Waals surface area (Å²) in [4.78, 5) is 28.1. The second-order valence-corrected chi connectivity index (χ2v) is 7.95. The summed E-state index contributed by atoms with van der Waals surface area (Å²) >= 11 is 0. The maximum absolute atomic E-state index is 12.0. The van der Waals surface area contributed by atoms with Gasteiger partial charge in [0, 0.05) is 37.6 Å². The van der Waals surface area contributed by atoms with Gasteiger partial charge in [-0.1, -0.05) is 24.3 Å². The first-order valence-corrected chi connectivity index (χ1v) is 10.4. The van der Waals surface area contributed by atoms with Gasteiger partial charge in [-0.05, 0) is 70.0 Å². The quantitative estimate of drug-likeness (QED) is 0.470. The Hall–Kier alpha value is -3.10. The molecule has 0 fully saturated rings. The highest BCUT2D eigenvalue weighted by Gasteiger charge is 2.05. The van der Waals surface area contributed by atoms with E-state index in [-0.39, 0.29) is 12.1 Å². The smallest absolute Gasteiger partial charge is 0.319 e. The number of hydrogen-bond donors (Lipinski definition) is 4. The largest absolute Gasteiger partial charge is 0.337 e. The standard InChI is InChI=1S/C23H34N6O2/c1-28(2)13-11-24-22(30)26-20-9-5-7-18(16-20)15-19-8-6-10-21(17-19)27-23(31)25-12-14-29(3)4/h5-10,16-17H,11-15H2,1-4H3,(H2,24,26,30)(H2,25,27,31). The van der Waals surface area contributed by atoms with Crippen LogP contribution in [0.25, 0.3) is 0 Å². The van der Waals surface area contributed by atoms with Gasteiger partial charge in [0.2, 0.25) is 0 Å². The van der Waals surface area contributed by atoms with Gasteiger partial charge in [-0.15, -0.1) is 0 Å². The molecule has 0 saturated carbocycles. The molecule has 168 valence electrons. The van der Waals surface area contributed by atoms with Crippen LogP contribution < -0.4 is 21.3 Å². The van der Waals surface area contributed by atoms with E-state index in [1.54, 1.807) is 0 Å². The highest BCUT2D eigenvalue weighted by atomic mass is 16.2. The average Bonchev–Trinajstić information content (AvgIpc) is 2.68. The number of carbonyl (C=O) groups is 2. The number of amides is 4. The molecule has 2 rings (SSSR count). The van der Waals surface area contributed by atoms with Gasteiger partial charge in [0.25, 0.3) is 0 Å². The van der Waals surface area contributed by atoms with Gasteiger partial charge in [0.05, 0.1) is 0 Å². The van der Waals surface area contributed by atoms with Gasteiger partial charge in [0.15, 0.2) is 0 Å². The number of likely N-dealkylation sites (N-methyl/N-ethyl adjacent to an activating group) is 2. The monoisotopic (exact) mass is 426 g/mol. The molecule has 0 spiro atoms. The fourth-order valence-corrected chi connectivity index (χ4v) is 2.89. The summed E-state index contributed by atoms with van der Waals surface area (Å²) in [6.45, 7) is 2.74. The molecule has 0 aliphatic rings. The number of rotatable bonds is 10. The molecule has 8 heteroatoms. The highest BCUT2D eigenvalue weighted by Crippen LogP contribution is 2.17. The molecule has 0 aliphatic heterocycles. The Morgan fingerprint density at radius 3 is 1.52 bits per heavy atom. The van der Waals surface area contributed by atoms with Gasteiger partial charge in [-0.25, -0.2) is 9.59 Å². The maximum atomic E-state index is 12.0. The van der Waals surface area contributed by atoms with Gasteiger partial charge >= 0.3 is 12.1 Å². The molecule has 0 aromatic heterocycles. The molecule has 31 heavy (non-hydrogen) atoms. The Morgan fingerprint density at radius 1 is 0.710 bits per heavy atom. The molecule has 2 aromatic rings. The van der Waals surface area contributed by atoms with Gasteiger partial charge < -0.3 is 31.1 Å². The van der Waals surface area contributed by atoms with E-state index < -0.39 is 0 Å². The van der Waals surface area contributed by atoms with Crippen molar-refractivity contribution in [3.63, 3.8) is 0 Å². The Morgan fingerprint density at radius 2 is 1.13 bits per heavy atom. The Bertz CT molecular complexity index is 784. The molecule has 2 aromatic carbocycles. The van der Waals surface area contributed by atoms with Gasteiger partial charge in [0.1, 0.15) is 0 Å². The Balaban J connectivity index is 1.90. The molecule has 8 nitrogen and oxygen atoms in total. The molecular formula is C23H34N6O2. The van der Waals surface area contributed by atoms with E-state index >= 15 is 0 Å². The molecular weight excluding hydrogens is 392 g/mol. The number of hydrogen-bond acceptors (Lipinski definition) is 4. The summed E-state index contributed by atoms with van der Waals surface area (Å²) in [5.74, 6) is 0. The molecule has 0 saturated heterocycles. The minimum absolute atomic E-state index is 0.217. The Kier molecular flexibility index (Phi) is 9.80. The first-order valence-electron chi connectivity index (χ1n) is 10.4. The molecule has 0 heterocycles. The molecule has 0 atom stereocenters. The second kappa shape index (κ2) is 12.6. The van der Waals surface area contributed by atoms with E-state index in [1.807, 2.05) is 86.5 Å². The SMILES string of the molecule is CN(C)CCNC(=O)Nc1cccc(Cc2cccc(NC(=O)NCCN(C)C)c2)c1. The summed E-state index contributed by atoms with van der Waals surface area (Å²) in [6.07, 6.45) is 0.690. The second-order valence-electron chi connectivity index (χ2n) is 7.95. The van der Waals surface area contributed by atoms with Gasteiger partial charge in [-0.3, -0.25) is 0 Å². The van der Waals surface area contributed by atoms with Crippen LogP contribution in [0.2, 0.25) is 0 Å². The number of benzene rings is 2. The van der Waals surface area contributed by atoms with Gasteiger partial charge in [-0.2, -0.15) is 0 Å². The van der Waals surface area contributed by atoms with Crippen molar-refractivity contribution in [2.45, 2.75) is 6.42 Å². The van der Waals surface area contributed by atoms with Crippen LogP contribution in [0.5, 0.6) is 0 Å². The van der Waals surface area contributed by atoms with Crippen molar-refractivity contribution in [3.05, 3.63) is 59.7 Å². The molecule has 0 unspecified atom stereocenters. The summed E-state index contributed by atoms with van der Waals surface area (Å²) in [5.41, 5.74) is 3.63. The molecule has 0 bridgehead atoms. The van der Waals surface area contributed by atoms with Crippen molar-refractivity contribution in [1.82, 2.24) is 20.4 Å². The summed E-state index contributed by atoms with van der Waals surface area (Å²) in [5, 5.41) is 11.4. The number of nitrogens with zero attached hydrogens (tertiary/aromatic N) is 2. The lowest BCUT2D eigenvalue weighted by Crippen LogP contribution is -2.34. The van der Waals surface area contributed by atoms with E-state index in [4.69, 9.17) is 0 Å². The van der Waals surface area contributed by atoms with Crippen LogP contribution in [-0.4, -0.2) is 76.2 Å². The molecule has 0 aliphatic carbocycles. The van der Waals surface area contributed by atoms with Crippen molar-refractivity contribution in [1.29, 1.82) is 0 Å². The zero-order chi connectivity index (χ0) is 22.6. The van der Waals surface area contributed by atoms with E-state index in [9.17, 15) is 9.59 Å². The van der Waals surface area contributed by atoms with Crippen molar-refractivity contribution in [2.75, 3.05) is 65.0 Å². The van der Waals surface area contributed by atoms with Crippen LogP contribution in [-0.2, 0) is 6.42 Å². The van der Waals surface area contributed by atoms with Crippen molar-refractivity contribution >= 4 is 23.4 Å². The summed E-state index contributed by atoms with van der Waals surface area (Å²) < 4.78 is 0. The predicted octanol–water partition coefficient (Wildman–Crippen LogP) is 2.64. The third-order valence-electron chi connectivity index (χ3n) is 4.47. The van der Waals surface area contributed by atoms with E-state index in [1.165, 1.54) is 0 Å². The van der Waals surface area contributed by atoms with E-state index in [2.05, 4.69) is 21.3 Å². The van der Waals surface area contributed by atoms with Crippen LogP contribution in [0.1, 0.15) is 11.1 Å². The number of anilines is 2. The first kappa shape index (κ1) is 24.2. The minimum Gasteiger partial charge on any atom is -0.337 e. The lowest BCUT2D eigenvalue weighted by Gasteiger charge is -2.12. The average molecular weight is 427 g/mol. The van der Waals surface area contributed by atoms with Crippen LogP contribution in [0, 0.1) is 0 Å². The lowest BCUT2D eigenvalue weighted by molar-refractivity contribution is 0.250. The first-order chi connectivity index (χ1) is 14.8. The fourth-order valence-electron chi connectivity index (χ4n) is 2.89. The van der Waals surface area contributed by atoms with Crippen molar-refractivity contribution < 1.29 is 9.59 Å². The maximum Gasteiger partial charge on any atom is 0.319 e. The van der Waals surface area contributed by atoms with Crippen molar-refractivity contribution in [2.24, 2.45) is 0 Å². The highest BCUT2D eigenvalue weighted by molar-refractivity contribution is 5.89. The third kappa shape index (κ3) is 9.97. The summed E-state index contributed by atoms with van der Waals surface area (Å²) in [7, 11) is 7.85. The molecule has 0 radical (unpaired) electrons. The van der Waals surface area contributed by atoms with Crippen LogP contribution >= 0.6 is 0 Å². The number of urea groups is 2. The number of nitrogens with one attached hydrogen (secondary N) is 4. The Labute approximate surface area is 185 Å². The fraction of sp³-hybridized carbons (Fsp3) is 0.391. The van der Waals surface area contributed by atoms with Crippen LogP contribution in [0.4, 0.5) is 21.0 Å². The molecule has 4 N–H and O–H groups in total. The zero-order valence-electron chi connectivity index (χ0n) is 18.9. The lowest BCUT2D eigenvalue weighted by atomic mass is 10.0. The van der Waals surface area contributed by atoms with Crippen molar-refractivity contribution in [3.8, 4) is 0 Å². The predicted molar refractivity (Wildman–Crippen MR) is 127 cm³/mol. The zero-order valence-corrected chi connectivity index (χ0v) is 18.9. The normalized spacial score (nSPS) is 10.8. The van der Waals surface area contributed by atoms with Crippen LogP contribution in [0.3, 0.4) is 0 Å². The van der Waals surface area contributed by atoms with E-state index in [0.717, 1.165) is 35.6 Å². The minimum atomic E-state index is -0.217. The van der Waals surface area contributed by atoms with E-state index in [0.29, 0.717) is 19.5 Å². The van der Waals surface area contributed by atoms with Crippen LogP contribution in [0.15, 0.2) is 48.5 Å².